The summed E-state index contributed by atoms with van der Waals surface area (Å²) < 4.78 is 1.95. The molecule has 130 valence electrons. The van der Waals surface area contributed by atoms with Crippen LogP contribution in [-0.2, 0) is 18.3 Å². The molecule has 3 aromatic rings. The molecule has 0 aliphatic heterocycles. The summed E-state index contributed by atoms with van der Waals surface area (Å²) in [4.78, 5) is 14.2. The van der Waals surface area contributed by atoms with Gasteiger partial charge in [-0.1, -0.05) is 5.16 Å². The third-order valence-electron chi connectivity index (χ3n) is 4.19. The molecule has 6 heteroatoms. The second kappa shape index (κ2) is 7.44. The number of oxime groups is 1. The molecule has 2 N–H and O–H groups in total. The average molecular weight is 337 g/mol. The molecule has 0 bridgehead atoms. The first kappa shape index (κ1) is 17.1. The van der Waals surface area contributed by atoms with E-state index in [-0.39, 0.29) is 0 Å². The third-order valence-corrected chi connectivity index (χ3v) is 4.19. The SMILES string of the molecule is CCO/N=C/c1cc(-c2cncn2C)nc2cc(C)c(CCN)cc12. The van der Waals surface area contributed by atoms with E-state index in [2.05, 4.69) is 29.2 Å². The van der Waals surface area contributed by atoms with Crippen LogP contribution >= 0.6 is 0 Å². The minimum Gasteiger partial charge on any atom is -0.396 e. The van der Waals surface area contributed by atoms with E-state index in [1.165, 1.54) is 11.1 Å². The summed E-state index contributed by atoms with van der Waals surface area (Å²) in [6.07, 6.45) is 6.17. The molecule has 0 spiro atoms. The molecule has 0 amide bonds. The van der Waals surface area contributed by atoms with Crippen LogP contribution in [0.1, 0.15) is 23.6 Å². The van der Waals surface area contributed by atoms with Gasteiger partial charge in [-0.15, -0.1) is 0 Å². The van der Waals surface area contributed by atoms with Crippen molar-refractivity contribution in [1.82, 2.24) is 14.5 Å². The molecule has 3 rings (SSSR count). The predicted octanol–water partition coefficient (Wildman–Crippen LogP) is 2.82. The number of fused-ring (bicyclic) bond motifs is 1. The zero-order chi connectivity index (χ0) is 17.8. The summed E-state index contributed by atoms with van der Waals surface area (Å²) in [5.74, 6) is 0. The quantitative estimate of drug-likeness (QED) is 0.554. The largest absolute Gasteiger partial charge is 0.396 e. The molecule has 0 unspecified atom stereocenters. The zero-order valence-corrected chi connectivity index (χ0v) is 14.9. The van der Waals surface area contributed by atoms with Crippen molar-refractivity contribution in [2.75, 3.05) is 13.2 Å². The molecule has 0 aliphatic rings. The van der Waals surface area contributed by atoms with Crippen molar-refractivity contribution in [3.05, 3.63) is 47.4 Å². The van der Waals surface area contributed by atoms with Crippen LogP contribution in [0.15, 0.2) is 35.9 Å². The molecule has 0 saturated heterocycles. The zero-order valence-electron chi connectivity index (χ0n) is 14.9. The number of hydrogen-bond acceptors (Lipinski definition) is 5. The monoisotopic (exact) mass is 337 g/mol. The molecule has 2 aromatic heterocycles. The van der Waals surface area contributed by atoms with Crippen LogP contribution in [0.2, 0.25) is 0 Å². The standard InChI is InChI=1S/C19H23N5O/c1-4-25-22-10-15-9-18(19-11-21-12-24(19)3)23-17-7-13(2)14(5-6-20)8-16(15)17/h7-12H,4-6,20H2,1-3H3/b22-10+. The lowest BCUT2D eigenvalue weighted by atomic mass is 9.99. The van der Waals surface area contributed by atoms with Crippen molar-refractivity contribution in [2.24, 2.45) is 17.9 Å². The highest BCUT2D eigenvalue weighted by atomic mass is 16.6. The number of hydrogen-bond donors (Lipinski definition) is 1. The van der Waals surface area contributed by atoms with Gasteiger partial charge in [0.2, 0.25) is 0 Å². The second-order valence-corrected chi connectivity index (χ2v) is 5.97. The van der Waals surface area contributed by atoms with Crippen molar-refractivity contribution in [3.63, 3.8) is 0 Å². The van der Waals surface area contributed by atoms with Crippen LogP contribution in [0, 0.1) is 6.92 Å². The van der Waals surface area contributed by atoms with Crippen LogP contribution in [-0.4, -0.2) is 33.9 Å². The van der Waals surface area contributed by atoms with Gasteiger partial charge in [-0.2, -0.15) is 0 Å². The van der Waals surface area contributed by atoms with Gasteiger partial charge in [0.25, 0.3) is 0 Å². The minimum absolute atomic E-state index is 0.533. The second-order valence-electron chi connectivity index (χ2n) is 5.97. The van der Waals surface area contributed by atoms with E-state index in [9.17, 15) is 0 Å². The smallest absolute Gasteiger partial charge is 0.114 e. The van der Waals surface area contributed by atoms with Crippen LogP contribution < -0.4 is 5.73 Å². The highest BCUT2D eigenvalue weighted by Gasteiger charge is 2.11. The average Bonchev–Trinajstić information content (AvgIpc) is 3.02. The Hall–Kier alpha value is -2.73. The fraction of sp³-hybridized carbons (Fsp3) is 0.316. The first-order valence-electron chi connectivity index (χ1n) is 8.40. The Morgan fingerprint density at radius 1 is 1.32 bits per heavy atom. The van der Waals surface area contributed by atoms with Gasteiger partial charge in [-0.3, -0.25) is 0 Å². The van der Waals surface area contributed by atoms with E-state index in [0.29, 0.717) is 13.2 Å². The molecule has 0 atom stereocenters. The number of aryl methyl sites for hydroxylation is 2. The number of nitrogens with zero attached hydrogens (tertiary/aromatic N) is 4. The van der Waals surface area contributed by atoms with E-state index >= 15 is 0 Å². The summed E-state index contributed by atoms with van der Waals surface area (Å²) >= 11 is 0. The normalized spacial score (nSPS) is 11.5. The Balaban J connectivity index is 2.21. The molecular weight excluding hydrogens is 314 g/mol. The van der Waals surface area contributed by atoms with Gasteiger partial charge in [0.15, 0.2) is 0 Å². The number of nitrogens with two attached hydrogens (primary N) is 1. The maximum absolute atomic E-state index is 5.74. The van der Waals surface area contributed by atoms with E-state index in [4.69, 9.17) is 15.6 Å². The Labute approximate surface area is 147 Å². The van der Waals surface area contributed by atoms with Gasteiger partial charge in [0.05, 0.1) is 35.6 Å². The van der Waals surface area contributed by atoms with Gasteiger partial charge in [0.1, 0.15) is 6.61 Å². The van der Waals surface area contributed by atoms with Crippen molar-refractivity contribution in [3.8, 4) is 11.4 Å². The van der Waals surface area contributed by atoms with Gasteiger partial charge in [-0.05, 0) is 56.1 Å². The molecule has 0 aliphatic carbocycles. The minimum atomic E-state index is 0.533. The summed E-state index contributed by atoms with van der Waals surface area (Å²) in [7, 11) is 1.96. The lowest BCUT2D eigenvalue weighted by molar-refractivity contribution is 0.160. The van der Waals surface area contributed by atoms with Crippen molar-refractivity contribution in [2.45, 2.75) is 20.3 Å². The van der Waals surface area contributed by atoms with Gasteiger partial charge in [0, 0.05) is 18.0 Å². The number of pyridine rings is 1. The molecule has 0 radical (unpaired) electrons. The number of aromatic nitrogens is 3. The lowest BCUT2D eigenvalue weighted by Crippen LogP contribution is -2.05. The van der Waals surface area contributed by atoms with Crippen LogP contribution in [0.3, 0.4) is 0 Å². The molecule has 1 aromatic carbocycles. The molecule has 6 nitrogen and oxygen atoms in total. The van der Waals surface area contributed by atoms with Crippen LogP contribution in [0.5, 0.6) is 0 Å². The summed E-state index contributed by atoms with van der Waals surface area (Å²) in [5, 5.41) is 5.10. The fourth-order valence-corrected chi connectivity index (χ4v) is 2.88. The molecular formula is C19H23N5O. The van der Waals surface area contributed by atoms with Crippen LogP contribution in [0.4, 0.5) is 0 Å². The Kier molecular flexibility index (Phi) is 5.09. The molecule has 25 heavy (non-hydrogen) atoms. The third kappa shape index (κ3) is 3.53. The summed E-state index contributed by atoms with van der Waals surface area (Å²) in [6.45, 7) is 5.16. The maximum Gasteiger partial charge on any atom is 0.114 e. The maximum atomic E-state index is 5.74. The summed E-state index contributed by atoms with van der Waals surface area (Å²) in [6, 6.07) is 6.28. The first-order valence-corrected chi connectivity index (χ1v) is 8.40. The topological polar surface area (TPSA) is 78.3 Å². The highest BCUT2D eigenvalue weighted by molar-refractivity contribution is 6.00. The van der Waals surface area contributed by atoms with Crippen molar-refractivity contribution in [1.29, 1.82) is 0 Å². The van der Waals surface area contributed by atoms with E-state index in [0.717, 1.165) is 34.3 Å². The van der Waals surface area contributed by atoms with E-state index < -0.39 is 0 Å². The first-order chi connectivity index (χ1) is 12.1. The highest BCUT2D eigenvalue weighted by Crippen LogP contribution is 2.26. The predicted molar refractivity (Wildman–Crippen MR) is 101 cm³/mol. The molecule has 0 fully saturated rings. The van der Waals surface area contributed by atoms with Crippen molar-refractivity contribution >= 4 is 17.1 Å². The van der Waals surface area contributed by atoms with E-state index in [1.54, 1.807) is 12.5 Å². The van der Waals surface area contributed by atoms with Crippen molar-refractivity contribution < 1.29 is 4.84 Å². The Morgan fingerprint density at radius 3 is 2.84 bits per heavy atom. The number of rotatable bonds is 6. The lowest BCUT2D eigenvalue weighted by Gasteiger charge is -2.11. The summed E-state index contributed by atoms with van der Waals surface area (Å²) in [5.41, 5.74) is 11.9. The fourth-order valence-electron chi connectivity index (χ4n) is 2.88. The number of benzene rings is 1. The number of imidazole rings is 1. The Bertz CT molecular complexity index is 914. The van der Waals surface area contributed by atoms with Crippen LogP contribution in [0.25, 0.3) is 22.3 Å². The molecule has 2 heterocycles. The Morgan fingerprint density at radius 2 is 2.16 bits per heavy atom. The van der Waals surface area contributed by atoms with Gasteiger partial charge < -0.3 is 15.1 Å². The van der Waals surface area contributed by atoms with E-state index in [1.807, 2.05) is 30.8 Å². The molecule has 0 saturated carbocycles. The van der Waals surface area contributed by atoms with Gasteiger partial charge >= 0.3 is 0 Å². The van der Waals surface area contributed by atoms with Gasteiger partial charge in [-0.25, -0.2) is 9.97 Å².